The third-order valence-corrected chi connectivity index (χ3v) is 3.32. The Bertz CT molecular complexity index is 586. The van der Waals surface area contributed by atoms with Gasteiger partial charge >= 0.3 is 5.97 Å². The topological polar surface area (TPSA) is 113 Å². The van der Waals surface area contributed by atoms with Crippen LogP contribution < -0.4 is 0 Å². The molecule has 1 rings (SSSR count). The molecule has 8 heteroatoms. The lowest BCUT2D eigenvalue weighted by Crippen LogP contribution is -2.19. The number of ether oxygens (including phenoxy) is 1. The van der Waals surface area contributed by atoms with Gasteiger partial charge in [0.1, 0.15) is 0 Å². The summed E-state index contributed by atoms with van der Waals surface area (Å²) in [5, 5.41) is 21.8. The Kier molecular flexibility index (Phi) is 8.46. The maximum Gasteiger partial charge on any atom is 0.306 e. The highest BCUT2D eigenvalue weighted by Gasteiger charge is 2.28. The van der Waals surface area contributed by atoms with E-state index in [1.165, 1.54) is 26.2 Å². The van der Waals surface area contributed by atoms with Crippen LogP contribution >= 0.6 is 0 Å². The highest BCUT2D eigenvalue weighted by Crippen LogP contribution is 2.32. The summed E-state index contributed by atoms with van der Waals surface area (Å²) in [5.74, 6) is -1.35. The number of esters is 1. The normalized spacial score (nSPS) is 11.0. The predicted octanol–water partition coefficient (Wildman–Crippen LogP) is 3.16. The number of hydrogen-bond acceptors (Lipinski definition) is 6. The molecule has 0 aliphatic carbocycles. The van der Waals surface area contributed by atoms with Crippen LogP contribution in [0.1, 0.15) is 42.9 Å². The van der Waals surface area contributed by atoms with E-state index in [4.69, 9.17) is 0 Å². The lowest BCUT2D eigenvalue weighted by Gasteiger charge is -2.17. The minimum absolute atomic E-state index is 0.117. The highest BCUT2D eigenvalue weighted by molar-refractivity contribution is 5.71. The third kappa shape index (κ3) is 5.65. The third-order valence-electron chi connectivity index (χ3n) is 3.32. The van der Waals surface area contributed by atoms with E-state index < -0.39 is 28.3 Å². The molecule has 0 radical (unpaired) electrons. The summed E-state index contributed by atoms with van der Waals surface area (Å²) in [6, 6.07) is 2.89. The summed E-state index contributed by atoms with van der Waals surface area (Å²) in [6.45, 7) is 6.75. The van der Waals surface area contributed by atoms with E-state index in [2.05, 4.69) is 4.74 Å². The number of hydrogen-bond donors (Lipinski definition) is 0. The molecule has 0 spiro atoms. The van der Waals surface area contributed by atoms with Gasteiger partial charge in [0.05, 0.1) is 24.4 Å². The molecule has 0 heterocycles. The Morgan fingerprint density at radius 3 is 2.22 bits per heavy atom. The van der Waals surface area contributed by atoms with Crippen molar-refractivity contribution >= 4 is 11.7 Å². The van der Waals surface area contributed by atoms with Crippen LogP contribution in [0, 0.1) is 34.1 Å². The standard InChI is InChI=1S/C13H16N2O6.C2H6/c1-8-4-5-11(15(19)20)9(2)13(8)10(7-14(17)18)6-12(16)21-3;1-2/h4-5,10H,6-7H2,1-3H3;1-2H3. The van der Waals surface area contributed by atoms with Crippen molar-refractivity contribution in [2.75, 3.05) is 13.7 Å². The maximum atomic E-state index is 11.4. The number of carbonyl (C=O) groups excluding carboxylic acids is 1. The second-order valence-electron chi connectivity index (χ2n) is 4.69. The van der Waals surface area contributed by atoms with Gasteiger partial charge in [-0.3, -0.25) is 25.0 Å². The molecular weight excluding hydrogens is 304 g/mol. The lowest BCUT2D eigenvalue weighted by molar-refractivity contribution is -0.483. The molecule has 0 amide bonds. The molecule has 0 fully saturated rings. The van der Waals surface area contributed by atoms with Crippen molar-refractivity contribution in [3.05, 3.63) is 49.1 Å². The molecule has 1 atom stereocenters. The molecular formula is C15H22N2O6. The van der Waals surface area contributed by atoms with Crippen LogP contribution in [-0.2, 0) is 9.53 Å². The van der Waals surface area contributed by atoms with E-state index in [0.717, 1.165) is 0 Å². The molecule has 0 bridgehead atoms. The van der Waals surface area contributed by atoms with Gasteiger partial charge in [-0.15, -0.1) is 0 Å². The zero-order valence-corrected chi connectivity index (χ0v) is 14.0. The number of rotatable bonds is 6. The Labute approximate surface area is 134 Å². The number of nitrogens with zero attached hydrogens (tertiary/aromatic N) is 2. The van der Waals surface area contributed by atoms with E-state index in [0.29, 0.717) is 16.7 Å². The van der Waals surface area contributed by atoms with Gasteiger partial charge in [-0.25, -0.2) is 0 Å². The number of benzene rings is 1. The fraction of sp³-hybridized carbons (Fsp3) is 0.533. The molecule has 1 aromatic carbocycles. The first-order chi connectivity index (χ1) is 10.8. The van der Waals surface area contributed by atoms with Crippen LogP contribution in [0.5, 0.6) is 0 Å². The summed E-state index contributed by atoms with van der Waals surface area (Å²) in [6.07, 6.45) is -0.194. The van der Waals surface area contributed by atoms with E-state index >= 15 is 0 Å². The molecule has 0 saturated carbocycles. The largest absolute Gasteiger partial charge is 0.469 e. The Balaban J connectivity index is 0.00000232. The van der Waals surface area contributed by atoms with Crippen molar-refractivity contribution in [1.82, 2.24) is 0 Å². The van der Waals surface area contributed by atoms with E-state index in [-0.39, 0.29) is 12.1 Å². The van der Waals surface area contributed by atoms with Crippen molar-refractivity contribution in [3.8, 4) is 0 Å². The van der Waals surface area contributed by atoms with Gasteiger partial charge in [-0.05, 0) is 25.0 Å². The summed E-state index contributed by atoms with van der Waals surface area (Å²) in [5.41, 5.74) is 1.37. The molecule has 0 N–H and O–H groups in total. The first-order valence-corrected chi connectivity index (χ1v) is 7.21. The van der Waals surface area contributed by atoms with Crippen LogP contribution in [0.15, 0.2) is 12.1 Å². The molecule has 0 aromatic heterocycles. The molecule has 128 valence electrons. The van der Waals surface area contributed by atoms with Crippen LogP contribution in [-0.4, -0.2) is 29.5 Å². The second-order valence-corrected chi connectivity index (χ2v) is 4.69. The van der Waals surface area contributed by atoms with Gasteiger partial charge in [0, 0.05) is 16.6 Å². The molecule has 1 aromatic rings. The maximum absolute atomic E-state index is 11.4. The van der Waals surface area contributed by atoms with Crippen molar-refractivity contribution < 1.29 is 19.4 Å². The SMILES string of the molecule is CC.COC(=O)CC(C[N+](=O)[O-])c1c(C)ccc([N+](=O)[O-])c1C. The summed E-state index contributed by atoms with van der Waals surface area (Å²) in [4.78, 5) is 32.2. The number of nitro groups is 2. The van der Waals surface area contributed by atoms with Gasteiger partial charge in [0.15, 0.2) is 0 Å². The fourth-order valence-corrected chi connectivity index (χ4v) is 2.40. The molecule has 1 unspecified atom stereocenters. The monoisotopic (exact) mass is 326 g/mol. The van der Waals surface area contributed by atoms with Crippen LogP contribution in [0.2, 0.25) is 0 Å². The van der Waals surface area contributed by atoms with Crippen LogP contribution in [0.3, 0.4) is 0 Å². The lowest BCUT2D eigenvalue weighted by atomic mass is 9.87. The molecule has 0 saturated heterocycles. The first kappa shape index (κ1) is 20.5. The minimum atomic E-state index is -0.757. The van der Waals surface area contributed by atoms with Gasteiger partial charge in [-0.2, -0.15) is 0 Å². The zero-order valence-electron chi connectivity index (χ0n) is 14.0. The van der Waals surface area contributed by atoms with Crippen molar-refractivity contribution in [2.24, 2.45) is 0 Å². The number of methoxy groups -OCH3 is 1. The molecule has 0 aliphatic heterocycles. The van der Waals surface area contributed by atoms with Gasteiger partial charge in [0.2, 0.25) is 6.54 Å². The van der Waals surface area contributed by atoms with Crippen LogP contribution in [0.4, 0.5) is 5.69 Å². The highest BCUT2D eigenvalue weighted by atomic mass is 16.6. The van der Waals surface area contributed by atoms with Crippen LogP contribution in [0.25, 0.3) is 0 Å². The second kappa shape index (κ2) is 9.50. The van der Waals surface area contributed by atoms with Gasteiger partial charge < -0.3 is 4.74 Å². The Hall–Kier alpha value is -2.51. The predicted molar refractivity (Wildman–Crippen MR) is 85.2 cm³/mol. The molecule has 23 heavy (non-hydrogen) atoms. The van der Waals surface area contributed by atoms with Crippen molar-refractivity contribution in [2.45, 2.75) is 40.0 Å². The Morgan fingerprint density at radius 2 is 1.78 bits per heavy atom. The van der Waals surface area contributed by atoms with Crippen molar-refractivity contribution in [3.63, 3.8) is 0 Å². The van der Waals surface area contributed by atoms with E-state index in [1.807, 2.05) is 13.8 Å². The quantitative estimate of drug-likeness (QED) is 0.451. The van der Waals surface area contributed by atoms with E-state index in [9.17, 15) is 25.0 Å². The molecule has 8 nitrogen and oxygen atoms in total. The van der Waals surface area contributed by atoms with Gasteiger partial charge in [-0.1, -0.05) is 19.9 Å². The minimum Gasteiger partial charge on any atom is -0.469 e. The average Bonchev–Trinajstić information content (AvgIpc) is 2.48. The van der Waals surface area contributed by atoms with E-state index in [1.54, 1.807) is 6.92 Å². The number of nitro benzene ring substituents is 1. The fourth-order valence-electron chi connectivity index (χ4n) is 2.40. The Morgan fingerprint density at radius 1 is 1.22 bits per heavy atom. The number of aryl methyl sites for hydroxylation is 1. The van der Waals surface area contributed by atoms with Crippen molar-refractivity contribution in [1.29, 1.82) is 0 Å². The summed E-state index contributed by atoms with van der Waals surface area (Å²) in [7, 11) is 1.19. The number of carbonyl (C=O) groups is 1. The first-order valence-electron chi connectivity index (χ1n) is 7.21. The summed E-state index contributed by atoms with van der Waals surface area (Å²) >= 11 is 0. The van der Waals surface area contributed by atoms with Gasteiger partial charge in [0.25, 0.3) is 5.69 Å². The zero-order chi connectivity index (χ0) is 18.2. The average molecular weight is 326 g/mol. The smallest absolute Gasteiger partial charge is 0.306 e. The molecule has 0 aliphatic rings. The summed E-state index contributed by atoms with van der Waals surface area (Å²) < 4.78 is 4.55.